The smallest absolute Gasteiger partial charge is 0.129 e. The number of aromatic nitrogens is 1. The summed E-state index contributed by atoms with van der Waals surface area (Å²) in [4.78, 5) is 7.05. The lowest BCUT2D eigenvalue weighted by Gasteiger charge is -2.30. The molecule has 2 nitrogen and oxygen atoms in total. The maximum Gasteiger partial charge on any atom is 0.129 e. The van der Waals surface area contributed by atoms with Crippen molar-refractivity contribution in [3.63, 3.8) is 0 Å². The molecule has 4 heteroatoms. The van der Waals surface area contributed by atoms with Gasteiger partial charge in [0.2, 0.25) is 0 Å². The molecule has 0 N–H and O–H groups in total. The van der Waals surface area contributed by atoms with Gasteiger partial charge in [-0.2, -0.15) is 0 Å². The van der Waals surface area contributed by atoms with Gasteiger partial charge in [-0.05, 0) is 31.4 Å². The first kappa shape index (κ1) is 14.0. The highest BCUT2D eigenvalue weighted by atomic mass is 35.5. The van der Waals surface area contributed by atoms with Crippen LogP contribution in [0.2, 0.25) is 5.02 Å². The van der Waals surface area contributed by atoms with E-state index in [0.717, 1.165) is 18.1 Å². The van der Waals surface area contributed by atoms with Crippen molar-refractivity contribution in [2.45, 2.75) is 50.9 Å². The highest BCUT2D eigenvalue weighted by Gasteiger charge is 2.21. The maximum absolute atomic E-state index is 6.07. The van der Waals surface area contributed by atoms with Gasteiger partial charge >= 0.3 is 0 Å². The molecule has 1 atom stereocenters. The Balaban J connectivity index is 2.26. The van der Waals surface area contributed by atoms with Gasteiger partial charge in [0.05, 0.1) is 16.6 Å². The fraction of sp³-hybridized carbons (Fsp3) is 0.643. The highest BCUT2D eigenvalue weighted by Crippen LogP contribution is 2.27. The molecule has 1 aliphatic heterocycles. The van der Waals surface area contributed by atoms with Crippen molar-refractivity contribution in [1.29, 1.82) is 0 Å². The summed E-state index contributed by atoms with van der Waals surface area (Å²) >= 11 is 12.0. The Hall–Kier alpha value is -0.470. The van der Waals surface area contributed by atoms with Crippen LogP contribution >= 0.6 is 23.2 Å². The normalized spacial score (nSPS) is 20.8. The number of anilines is 1. The van der Waals surface area contributed by atoms with E-state index in [1.54, 1.807) is 0 Å². The van der Waals surface area contributed by atoms with Crippen LogP contribution in [0.15, 0.2) is 12.1 Å². The van der Waals surface area contributed by atoms with Crippen molar-refractivity contribution in [2.24, 2.45) is 0 Å². The zero-order valence-corrected chi connectivity index (χ0v) is 12.3. The molecule has 100 valence electrons. The molecule has 1 aliphatic rings. The third-order valence-electron chi connectivity index (χ3n) is 3.67. The van der Waals surface area contributed by atoms with Crippen molar-refractivity contribution < 1.29 is 0 Å². The van der Waals surface area contributed by atoms with Gasteiger partial charge in [-0.25, -0.2) is 4.98 Å². The molecule has 0 spiro atoms. The Morgan fingerprint density at radius 2 is 2.17 bits per heavy atom. The summed E-state index contributed by atoms with van der Waals surface area (Å²) < 4.78 is 0. The third kappa shape index (κ3) is 3.10. The Kier molecular flexibility index (Phi) is 5.13. The Bertz CT molecular complexity index is 395. The van der Waals surface area contributed by atoms with Crippen molar-refractivity contribution in [1.82, 2.24) is 4.98 Å². The van der Waals surface area contributed by atoms with E-state index < -0.39 is 0 Å². The molecule has 0 aromatic carbocycles. The molecule has 0 bridgehead atoms. The molecule has 1 unspecified atom stereocenters. The summed E-state index contributed by atoms with van der Waals surface area (Å²) in [6.07, 6.45) is 6.32. The predicted molar refractivity (Wildman–Crippen MR) is 78.7 cm³/mol. The third-order valence-corrected chi connectivity index (χ3v) is 4.27. The van der Waals surface area contributed by atoms with Gasteiger partial charge in [-0.1, -0.05) is 31.4 Å². The molecule has 2 rings (SSSR count). The molecule has 1 aromatic rings. The zero-order chi connectivity index (χ0) is 13.0. The average Bonchev–Trinajstić information content (AvgIpc) is 2.64. The van der Waals surface area contributed by atoms with Crippen LogP contribution in [0.3, 0.4) is 0 Å². The summed E-state index contributed by atoms with van der Waals surface area (Å²) in [6.45, 7) is 3.34. The molecule has 1 fully saturated rings. The second-order valence-electron chi connectivity index (χ2n) is 4.84. The van der Waals surface area contributed by atoms with Gasteiger partial charge < -0.3 is 4.90 Å². The molecule has 1 saturated heterocycles. The Labute approximate surface area is 119 Å². The summed E-state index contributed by atoms with van der Waals surface area (Å²) in [7, 11) is 0. The van der Waals surface area contributed by atoms with Crippen LogP contribution in [0.1, 0.15) is 44.7 Å². The standard InChI is InChI=1S/C14H20Cl2N2/c1-2-11-6-4-3-5-9-18(11)14-8-7-12(16)13(10-15)17-14/h7-8,11H,2-6,9-10H2,1H3. The number of hydrogen-bond acceptors (Lipinski definition) is 2. The van der Waals surface area contributed by atoms with Crippen molar-refractivity contribution >= 4 is 29.0 Å². The van der Waals surface area contributed by atoms with Crippen molar-refractivity contribution in [3.05, 3.63) is 22.8 Å². The van der Waals surface area contributed by atoms with E-state index >= 15 is 0 Å². The first-order chi connectivity index (χ1) is 8.76. The minimum atomic E-state index is 0.372. The van der Waals surface area contributed by atoms with E-state index in [2.05, 4.69) is 16.8 Å². The number of nitrogens with zero attached hydrogens (tertiary/aromatic N) is 2. The van der Waals surface area contributed by atoms with Crippen molar-refractivity contribution in [3.8, 4) is 0 Å². The molecule has 0 aliphatic carbocycles. The summed E-state index contributed by atoms with van der Waals surface area (Å²) in [5.74, 6) is 1.40. The minimum absolute atomic E-state index is 0.372. The molecule has 2 heterocycles. The Morgan fingerprint density at radius 1 is 1.33 bits per heavy atom. The van der Waals surface area contributed by atoms with Crippen LogP contribution in [-0.2, 0) is 5.88 Å². The summed E-state index contributed by atoms with van der Waals surface area (Å²) in [5, 5.41) is 0.664. The number of pyridine rings is 1. The molecule has 18 heavy (non-hydrogen) atoms. The van der Waals surface area contributed by atoms with Gasteiger partial charge in [-0.15, -0.1) is 11.6 Å². The van der Waals surface area contributed by atoms with Crippen LogP contribution < -0.4 is 4.90 Å². The van der Waals surface area contributed by atoms with Crippen LogP contribution in [0, 0.1) is 0 Å². The van der Waals surface area contributed by atoms with E-state index in [1.165, 1.54) is 32.1 Å². The lowest BCUT2D eigenvalue weighted by Crippen LogP contribution is -2.35. The van der Waals surface area contributed by atoms with E-state index in [1.807, 2.05) is 12.1 Å². The van der Waals surface area contributed by atoms with Gasteiger partial charge in [0.25, 0.3) is 0 Å². The molecular formula is C14H20Cl2N2. The molecular weight excluding hydrogens is 267 g/mol. The number of alkyl halides is 1. The lowest BCUT2D eigenvalue weighted by molar-refractivity contribution is 0.552. The lowest BCUT2D eigenvalue weighted by atomic mass is 10.1. The van der Waals surface area contributed by atoms with Crippen molar-refractivity contribution in [2.75, 3.05) is 11.4 Å². The first-order valence-electron chi connectivity index (χ1n) is 6.74. The van der Waals surface area contributed by atoms with Gasteiger partial charge in [0.1, 0.15) is 5.82 Å². The number of halogens is 2. The fourth-order valence-electron chi connectivity index (χ4n) is 2.63. The summed E-state index contributed by atoms with van der Waals surface area (Å²) in [5.41, 5.74) is 0.787. The molecule has 1 aromatic heterocycles. The minimum Gasteiger partial charge on any atom is -0.354 e. The van der Waals surface area contributed by atoms with Crippen LogP contribution in [0.5, 0.6) is 0 Å². The second-order valence-corrected chi connectivity index (χ2v) is 5.51. The predicted octanol–water partition coefficient (Wildman–Crippen LogP) is 4.63. The number of hydrogen-bond donors (Lipinski definition) is 0. The van der Waals surface area contributed by atoms with Gasteiger partial charge in [0, 0.05) is 12.6 Å². The van der Waals surface area contributed by atoms with E-state index in [0.29, 0.717) is 16.9 Å². The fourth-order valence-corrected chi connectivity index (χ4v) is 3.07. The van der Waals surface area contributed by atoms with Crippen LogP contribution in [0.25, 0.3) is 0 Å². The maximum atomic E-state index is 6.07. The van der Waals surface area contributed by atoms with Crippen LogP contribution in [0.4, 0.5) is 5.82 Å². The van der Waals surface area contributed by atoms with E-state index in [4.69, 9.17) is 23.2 Å². The highest BCUT2D eigenvalue weighted by molar-refractivity contribution is 6.32. The average molecular weight is 287 g/mol. The molecule has 0 saturated carbocycles. The zero-order valence-electron chi connectivity index (χ0n) is 10.8. The SMILES string of the molecule is CCC1CCCCCN1c1ccc(Cl)c(CCl)n1. The van der Waals surface area contributed by atoms with E-state index in [-0.39, 0.29) is 0 Å². The van der Waals surface area contributed by atoms with Gasteiger partial charge in [0.15, 0.2) is 0 Å². The number of rotatable bonds is 3. The molecule has 0 amide bonds. The van der Waals surface area contributed by atoms with Gasteiger partial charge in [-0.3, -0.25) is 0 Å². The van der Waals surface area contributed by atoms with E-state index in [9.17, 15) is 0 Å². The monoisotopic (exact) mass is 286 g/mol. The quantitative estimate of drug-likeness (QED) is 0.753. The second kappa shape index (κ2) is 6.63. The topological polar surface area (TPSA) is 16.1 Å². The molecule has 0 radical (unpaired) electrons. The first-order valence-corrected chi connectivity index (χ1v) is 7.65. The Morgan fingerprint density at radius 3 is 2.89 bits per heavy atom. The van der Waals surface area contributed by atoms with Crippen LogP contribution in [-0.4, -0.2) is 17.6 Å². The largest absolute Gasteiger partial charge is 0.354 e. The summed E-state index contributed by atoms with van der Waals surface area (Å²) in [6, 6.07) is 4.54.